The molecule has 0 aliphatic rings. The van der Waals surface area contributed by atoms with Gasteiger partial charge >= 0.3 is 0 Å². The summed E-state index contributed by atoms with van der Waals surface area (Å²) < 4.78 is 7.16. The summed E-state index contributed by atoms with van der Waals surface area (Å²) in [5.74, 6) is 0.748. The number of fused-ring (bicyclic) bond motifs is 2. The van der Waals surface area contributed by atoms with E-state index in [-0.39, 0.29) is 12.5 Å². The molecule has 5 heteroatoms. The maximum absolute atomic E-state index is 12.4. The van der Waals surface area contributed by atoms with Crippen molar-refractivity contribution in [3.05, 3.63) is 60.9 Å². The molecule has 0 bridgehead atoms. The predicted octanol–water partition coefficient (Wildman–Crippen LogP) is 3.77. The monoisotopic (exact) mass is 319 g/mol. The van der Waals surface area contributed by atoms with E-state index in [1.165, 1.54) is 0 Å². The molecule has 4 rings (SSSR count). The van der Waals surface area contributed by atoms with Crippen molar-refractivity contribution >= 4 is 33.4 Å². The summed E-state index contributed by atoms with van der Waals surface area (Å²) in [6.45, 7) is 0.262. The summed E-state index contributed by atoms with van der Waals surface area (Å²) in [4.78, 5) is 15.5. The SMILES string of the molecule is COc1ccc2c(ccn2CC(=O)Nc2ccc3cc[nH]c3c2)c1. The number of ether oxygens (including phenoxy) is 1. The molecule has 0 fully saturated rings. The van der Waals surface area contributed by atoms with E-state index in [0.29, 0.717) is 0 Å². The molecule has 0 aliphatic carbocycles. The molecule has 24 heavy (non-hydrogen) atoms. The Labute approximate surface area is 138 Å². The van der Waals surface area contributed by atoms with Gasteiger partial charge in [-0.25, -0.2) is 0 Å². The zero-order valence-corrected chi connectivity index (χ0v) is 13.2. The number of methoxy groups -OCH3 is 1. The zero-order valence-electron chi connectivity index (χ0n) is 13.2. The second-order valence-electron chi connectivity index (χ2n) is 5.70. The van der Waals surface area contributed by atoms with Crippen molar-refractivity contribution in [1.82, 2.24) is 9.55 Å². The Balaban J connectivity index is 1.53. The van der Waals surface area contributed by atoms with Crippen molar-refractivity contribution in [2.75, 3.05) is 12.4 Å². The molecule has 0 spiro atoms. The lowest BCUT2D eigenvalue weighted by Crippen LogP contribution is -2.18. The topological polar surface area (TPSA) is 59.0 Å². The maximum atomic E-state index is 12.4. The Hall–Kier alpha value is -3.21. The van der Waals surface area contributed by atoms with Crippen molar-refractivity contribution in [3.8, 4) is 5.75 Å². The average molecular weight is 319 g/mol. The number of carbonyl (C=O) groups excluding carboxylic acids is 1. The van der Waals surface area contributed by atoms with Crippen LogP contribution in [0.25, 0.3) is 21.8 Å². The second-order valence-corrected chi connectivity index (χ2v) is 5.70. The van der Waals surface area contributed by atoms with E-state index in [4.69, 9.17) is 4.74 Å². The van der Waals surface area contributed by atoms with Crippen LogP contribution in [0, 0.1) is 0 Å². The average Bonchev–Trinajstić information content (AvgIpc) is 3.21. The minimum absolute atomic E-state index is 0.0609. The minimum atomic E-state index is -0.0609. The number of hydrogen-bond donors (Lipinski definition) is 2. The lowest BCUT2D eigenvalue weighted by atomic mass is 10.2. The molecule has 0 aliphatic heterocycles. The highest BCUT2D eigenvalue weighted by atomic mass is 16.5. The van der Waals surface area contributed by atoms with Crippen LogP contribution >= 0.6 is 0 Å². The van der Waals surface area contributed by atoms with Crippen molar-refractivity contribution in [2.24, 2.45) is 0 Å². The van der Waals surface area contributed by atoms with Gasteiger partial charge in [-0.05, 0) is 47.9 Å². The number of anilines is 1. The molecule has 120 valence electrons. The number of carbonyl (C=O) groups is 1. The zero-order chi connectivity index (χ0) is 16.5. The molecule has 5 nitrogen and oxygen atoms in total. The lowest BCUT2D eigenvalue weighted by Gasteiger charge is -2.08. The lowest BCUT2D eigenvalue weighted by molar-refractivity contribution is -0.116. The molecule has 0 saturated heterocycles. The Morgan fingerprint density at radius 3 is 2.92 bits per heavy atom. The predicted molar refractivity (Wildman–Crippen MR) is 95.4 cm³/mol. The van der Waals surface area contributed by atoms with Crippen LogP contribution < -0.4 is 10.1 Å². The molecule has 0 atom stereocenters. The van der Waals surface area contributed by atoms with Gasteiger partial charge in [-0.2, -0.15) is 0 Å². The molecule has 0 saturated carbocycles. The molecule has 2 aromatic carbocycles. The third-order valence-electron chi connectivity index (χ3n) is 4.13. The van der Waals surface area contributed by atoms with Crippen LogP contribution in [-0.2, 0) is 11.3 Å². The number of aromatic amines is 1. The van der Waals surface area contributed by atoms with Crippen molar-refractivity contribution < 1.29 is 9.53 Å². The summed E-state index contributed by atoms with van der Waals surface area (Å²) in [5, 5.41) is 5.12. The van der Waals surface area contributed by atoms with Gasteiger partial charge in [0, 0.05) is 34.5 Å². The minimum Gasteiger partial charge on any atom is -0.497 e. The number of benzene rings is 2. The number of nitrogens with zero attached hydrogens (tertiary/aromatic N) is 1. The van der Waals surface area contributed by atoms with Gasteiger partial charge in [-0.1, -0.05) is 6.07 Å². The number of aromatic nitrogens is 2. The third-order valence-corrected chi connectivity index (χ3v) is 4.13. The van der Waals surface area contributed by atoms with E-state index in [9.17, 15) is 4.79 Å². The van der Waals surface area contributed by atoms with Gasteiger partial charge in [0.2, 0.25) is 5.91 Å². The van der Waals surface area contributed by atoms with E-state index >= 15 is 0 Å². The molecular weight excluding hydrogens is 302 g/mol. The van der Waals surface area contributed by atoms with E-state index in [1.54, 1.807) is 7.11 Å². The number of amides is 1. The van der Waals surface area contributed by atoms with Gasteiger partial charge < -0.3 is 19.6 Å². The summed E-state index contributed by atoms with van der Waals surface area (Å²) in [6, 6.07) is 15.6. The first-order chi connectivity index (χ1) is 11.7. The first-order valence-electron chi connectivity index (χ1n) is 7.73. The van der Waals surface area contributed by atoms with Crippen LogP contribution in [0.4, 0.5) is 5.69 Å². The van der Waals surface area contributed by atoms with E-state index < -0.39 is 0 Å². The molecule has 0 radical (unpaired) electrons. The number of H-pyrrole nitrogens is 1. The van der Waals surface area contributed by atoms with Gasteiger partial charge in [0.05, 0.1) is 7.11 Å². The molecule has 1 amide bonds. The maximum Gasteiger partial charge on any atom is 0.244 e. The van der Waals surface area contributed by atoms with Crippen LogP contribution in [-0.4, -0.2) is 22.6 Å². The fourth-order valence-corrected chi connectivity index (χ4v) is 2.92. The quantitative estimate of drug-likeness (QED) is 0.601. The van der Waals surface area contributed by atoms with E-state index in [1.807, 2.05) is 65.5 Å². The van der Waals surface area contributed by atoms with Gasteiger partial charge in [-0.15, -0.1) is 0 Å². The highest BCUT2D eigenvalue weighted by molar-refractivity contribution is 5.94. The molecular formula is C19H17N3O2. The van der Waals surface area contributed by atoms with Crippen LogP contribution in [0.1, 0.15) is 0 Å². The summed E-state index contributed by atoms with van der Waals surface area (Å²) in [6.07, 6.45) is 3.80. The summed E-state index contributed by atoms with van der Waals surface area (Å²) >= 11 is 0. The van der Waals surface area contributed by atoms with Crippen LogP contribution in [0.5, 0.6) is 5.75 Å². The highest BCUT2D eigenvalue weighted by Gasteiger charge is 2.08. The van der Waals surface area contributed by atoms with Gasteiger partial charge in [0.15, 0.2) is 0 Å². The largest absolute Gasteiger partial charge is 0.497 e. The molecule has 0 unspecified atom stereocenters. The van der Waals surface area contributed by atoms with Gasteiger partial charge in [0.1, 0.15) is 12.3 Å². The van der Waals surface area contributed by atoms with Gasteiger partial charge in [0.25, 0.3) is 0 Å². The Morgan fingerprint density at radius 2 is 2.04 bits per heavy atom. The van der Waals surface area contributed by atoms with Crippen LogP contribution in [0.15, 0.2) is 60.9 Å². The second kappa shape index (κ2) is 5.77. The van der Waals surface area contributed by atoms with Crippen LogP contribution in [0.3, 0.4) is 0 Å². The highest BCUT2D eigenvalue weighted by Crippen LogP contribution is 2.22. The normalized spacial score (nSPS) is 11.0. The van der Waals surface area contributed by atoms with Gasteiger partial charge in [-0.3, -0.25) is 4.79 Å². The van der Waals surface area contributed by atoms with Crippen molar-refractivity contribution in [1.29, 1.82) is 0 Å². The Morgan fingerprint density at radius 1 is 1.12 bits per heavy atom. The number of rotatable bonds is 4. The first-order valence-corrected chi connectivity index (χ1v) is 7.73. The molecule has 2 N–H and O–H groups in total. The summed E-state index contributed by atoms with van der Waals surface area (Å²) in [5.41, 5.74) is 2.80. The fraction of sp³-hybridized carbons (Fsp3) is 0.105. The number of nitrogens with one attached hydrogen (secondary N) is 2. The van der Waals surface area contributed by atoms with Crippen molar-refractivity contribution in [3.63, 3.8) is 0 Å². The first kappa shape index (κ1) is 14.4. The molecule has 2 aromatic heterocycles. The third kappa shape index (κ3) is 2.60. The fourth-order valence-electron chi connectivity index (χ4n) is 2.92. The standard InChI is InChI=1S/C19H17N3O2/c1-24-16-4-5-18-14(10-16)7-9-22(18)12-19(23)21-15-3-2-13-6-8-20-17(13)11-15/h2-11,20H,12H2,1H3,(H,21,23). The molecule has 4 aromatic rings. The van der Waals surface area contributed by atoms with Crippen molar-refractivity contribution in [2.45, 2.75) is 6.54 Å². The number of hydrogen-bond acceptors (Lipinski definition) is 2. The van der Waals surface area contributed by atoms with E-state index in [2.05, 4.69) is 10.3 Å². The molecule has 2 heterocycles. The summed E-state index contributed by atoms with van der Waals surface area (Å²) in [7, 11) is 1.65. The van der Waals surface area contributed by atoms with E-state index in [0.717, 1.165) is 33.2 Å². The Kier molecular flexibility index (Phi) is 3.46. The van der Waals surface area contributed by atoms with Crippen LogP contribution in [0.2, 0.25) is 0 Å². The Bertz CT molecular complexity index is 1030. The smallest absolute Gasteiger partial charge is 0.244 e.